The molecule has 94 valence electrons. The fourth-order valence-electron chi connectivity index (χ4n) is 1.63. The molecule has 0 saturated carbocycles. The van der Waals surface area contributed by atoms with E-state index in [0.29, 0.717) is 26.2 Å². The van der Waals surface area contributed by atoms with Crippen molar-refractivity contribution in [2.75, 3.05) is 26.2 Å². The van der Waals surface area contributed by atoms with E-state index in [-0.39, 0.29) is 11.6 Å². The van der Waals surface area contributed by atoms with Crippen molar-refractivity contribution in [3.63, 3.8) is 0 Å². The van der Waals surface area contributed by atoms with Crippen molar-refractivity contribution in [2.24, 2.45) is 5.73 Å². The van der Waals surface area contributed by atoms with E-state index in [2.05, 4.69) is 5.32 Å². The molecule has 3 N–H and O–H groups in total. The lowest BCUT2D eigenvalue weighted by Gasteiger charge is -2.40. The van der Waals surface area contributed by atoms with Crippen molar-refractivity contribution >= 4 is 6.03 Å². The predicted octanol–water partition coefficient (Wildman–Crippen LogP) is 0.544. The number of carbonyl (C=O) groups excluding carboxylic acids is 1. The number of ether oxygens (including phenoxy) is 1. The minimum Gasteiger partial charge on any atom is -0.370 e. The van der Waals surface area contributed by atoms with Crippen LogP contribution in [0.5, 0.6) is 0 Å². The Morgan fingerprint density at radius 2 is 2.19 bits per heavy atom. The van der Waals surface area contributed by atoms with Gasteiger partial charge >= 0.3 is 6.03 Å². The minimum atomic E-state index is -0.409. The number of hydrogen-bond acceptors (Lipinski definition) is 3. The average molecular weight is 229 g/mol. The van der Waals surface area contributed by atoms with Gasteiger partial charge in [0.1, 0.15) is 0 Å². The number of nitrogens with two attached hydrogens (primary N) is 1. The number of carbonyl (C=O) groups is 1. The molecule has 1 fully saturated rings. The highest BCUT2D eigenvalue weighted by Crippen LogP contribution is 2.16. The third kappa shape index (κ3) is 3.64. The van der Waals surface area contributed by atoms with Gasteiger partial charge in [-0.3, -0.25) is 0 Å². The van der Waals surface area contributed by atoms with Crippen LogP contribution in [-0.4, -0.2) is 48.3 Å². The highest BCUT2D eigenvalue weighted by molar-refractivity contribution is 5.75. The van der Waals surface area contributed by atoms with Crippen molar-refractivity contribution < 1.29 is 9.53 Å². The summed E-state index contributed by atoms with van der Waals surface area (Å²) in [5, 5.41) is 2.94. The Bertz CT molecular complexity index is 262. The summed E-state index contributed by atoms with van der Waals surface area (Å²) in [4.78, 5) is 13.7. The zero-order valence-corrected chi connectivity index (χ0v) is 10.7. The summed E-state index contributed by atoms with van der Waals surface area (Å²) in [6, 6.07) is -0.0459. The van der Waals surface area contributed by atoms with Crippen molar-refractivity contribution in [3.05, 3.63) is 0 Å². The maximum absolute atomic E-state index is 11.9. The van der Waals surface area contributed by atoms with E-state index >= 15 is 0 Å². The Hall–Kier alpha value is -0.810. The molecule has 5 heteroatoms. The number of morpholine rings is 1. The second-order valence-corrected chi connectivity index (χ2v) is 5.60. The van der Waals surface area contributed by atoms with Crippen LogP contribution in [0.1, 0.15) is 27.7 Å². The molecule has 2 amide bonds. The number of nitrogens with zero attached hydrogens (tertiary/aromatic N) is 1. The third-order valence-electron chi connectivity index (χ3n) is 2.54. The summed E-state index contributed by atoms with van der Waals surface area (Å²) in [5.41, 5.74) is 5.02. The Kier molecular flexibility index (Phi) is 3.80. The smallest absolute Gasteiger partial charge is 0.317 e. The number of urea groups is 1. The summed E-state index contributed by atoms with van der Waals surface area (Å²) >= 11 is 0. The van der Waals surface area contributed by atoms with Crippen LogP contribution < -0.4 is 11.1 Å². The Balaban J connectivity index is 2.57. The van der Waals surface area contributed by atoms with E-state index < -0.39 is 5.60 Å². The van der Waals surface area contributed by atoms with E-state index in [0.717, 1.165) is 0 Å². The van der Waals surface area contributed by atoms with Crippen LogP contribution in [0.25, 0.3) is 0 Å². The average Bonchev–Trinajstić information content (AvgIpc) is 2.15. The first-order valence-corrected chi connectivity index (χ1v) is 5.67. The lowest BCUT2D eigenvalue weighted by molar-refractivity contribution is -0.0795. The molecule has 1 rings (SSSR count). The quantitative estimate of drug-likeness (QED) is 0.690. The zero-order chi connectivity index (χ0) is 12.4. The highest BCUT2D eigenvalue weighted by Gasteiger charge is 2.33. The molecule has 0 aromatic rings. The van der Waals surface area contributed by atoms with Crippen LogP contribution in [-0.2, 0) is 4.74 Å². The van der Waals surface area contributed by atoms with E-state index in [1.807, 2.05) is 27.7 Å². The monoisotopic (exact) mass is 229 g/mol. The molecule has 0 aromatic heterocycles. The number of hydrogen-bond donors (Lipinski definition) is 2. The van der Waals surface area contributed by atoms with Gasteiger partial charge in [-0.25, -0.2) is 4.79 Å². The maximum atomic E-state index is 11.9. The molecule has 0 aromatic carbocycles. The highest BCUT2D eigenvalue weighted by atomic mass is 16.5. The van der Waals surface area contributed by atoms with Crippen LogP contribution in [0.3, 0.4) is 0 Å². The van der Waals surface area contributed by atoms with Gasteiger partial charge < -0.3 is 20.7 Å². The lowest BCUT2D eigenvalue weighted by atomic mass is 10.0. The van der Waals surface area contributed by atoms with Crippen LogP contribution in [0.4, 0.5) is 4.79 Å². The van der Waals surface area contributed by atoms with Crippen molar-refractivity contribution in [1.29, 1.82) is 0 Å². The Labute approximate surface area is 97.3 Å². The Morgan fingerprint density at radius 3 is 2.69 bits per heavy atom. The summed E-state index contributed by atoms with van der Waals surface area (Å²) < 4.78 is 5.58. The molecule has 1 unspecified atom stereocenters. The SMILES string of the molecule is CC(C)(C)NC(=O)N1CCOC(C)(CN)C1. The van der Waals surface area contributed by atoms with Gasteiger partial charge in [0.05, 0.1) is 18.8 Å². The van der Waals surface area contributed by atoms with Gasteiger partial charge in [0, 0.05) is 18.6 Å². The second-order valence-electron chi connectivity index (χ2n) is 5.60. The van der Waals surface area contributed by atoms with Gasteiger partial charge in [0.15, 0.2) is 0 Å². The molecule has 1 heterocycles. The van der Waals surface area contributed by atoms with Gasteiger partial charge in [-0.1, -0.05) is 0 Å². The first kappa shape index (κ1) is 13.3. The van der Waals surface area contributed by atoms with E-state index in [9.17, 15) is 4.79 Å². The fraction of sp³-hybridized carbons (Fsp3) is 0.909. The van der Waals surface area contributed by atoms with Gasteiger partial charge in [0.25, 0.3) is 0 Å². The predicted molar refractivity (Wildman–Crippen MR) is 63.3 cm³/mol. The second kappa shape index (κ2) is 4.59. The normalized spacial score (nSPS) is 26.7. The molecule has 0 aliphatic carbocycles. The Morgan fingerprint density at radius 1 is 1.56 bits per heavy atom. The molecular weight excluding hydrogens is 206 g/mol. The minimum absolute atomic E-state index is 0.0459. The molecule has 1 atom stereocenters. The molecule has 1 saturated heterocycles. The molecular formula is C11H23N3O2. The van der Waals surface area contributed by atoms with Crippen LogP contribution in [0.15, 0.2) is 0 Å². The standard InChI is InChI=1S/C11H23N3O2/c1-10(2,3)13-9(15)14-5-6-16-11(4,7-12)8-14/h5-8,12H2,1-4H3,(H,13,15). The van der Waals surface area contributed by atoms with Crippen LogP contribution in [0, 0.1) is 0 Å². The maximum Gasteiger partial charge on any atom is 0.317 e. The summed E-state index contributed by atoms with van der Waals surface area (Å²) in [7, 11) is 0. The van der Waals surface area contributed by atoms with Crippen molar-refractivity contribution in [1.82, 2.24) is 10.2 Å². The van der Waals surface area contributed by atoms with Crippen LogP contribution in [0.2, 0.25) is 0 Å². The zero-order valence-electron chi connectivity index (χ0n) is 10.7. The largest absolute Gasteiger partial charge is 0.370 e. The third-order valence-corrected chi connectivity index (χ3v) is 2.54. The number of amides is 2. The molecule has 0 spiro atoms. The lowest BCUT2D eigenvalue weighted by Crippen LogP contribution is -2.59. The first-order valence-electron chi connectivity index (χ1n) is 5.67. The van der Waals surface area contributed by atoms with Crippen molar-refractivity contribution in [3.8, 4) is 0 Å². The van der Waals surface area contributed by atoms with Gasteiger partial charge in [-0.15, -0.1) is 0 Å². The number of nitrogens with one attached hydrogen (secondary N) is 1. The van der Waals surface area contributed by atoms with E-state index in [4.69, 9.17) is 10.5 Å². The fourth-order valence-corrected chi connectivity index (χ4v) is 1.63. The summed E-state index contributed by atoms with van der Waals surface area (Å²) in [6.45, 7) is 9.97. The van der Waals surface area contributed by atoms with E-state index in [1.165, 1.54) is 0 Å². The van der Waals surface area contributed by atoms with Gasteiger partial charge in [-0.05, 0) is 27.7 Å². The van der Waals surface area contributed by atoms with Crippen LogP contribution >= 0.6 is 0 Å². The molecule has 16 heavy (non-hydrogen) atoms. The first-order chi connectivity index (χ1) is 7.26. The topological polar surface area (TPSA) is 67.6 Å². The van der Waals surface area contributed by atoms with Gasteiger partial charge in [0.2, 0.25) is 0 Å². The van der Waals surface area contributed by atoms with Gasteiger partial charge in [-0.2, -0.15) is 0 Å². The molecule has 1 aliphatic heterocycles. The molecule has 0 radical (unpaired) electrons. The summed E-state index contributed by atoms with van der Waals surface area (Å²) in [6.07, 6.45) is 0. The molecule has 5 nitrogen and oxygen atoms in total. The molecule has 0 bridgehead atoms. The summed E-state index contributed by atoms with van der Waals surface area (Å²) in [5.74, 6) is 0. The van der Waals surface area contributed by atoms with E-state index in [1.54, 1.807) is 4.90 Å². The van der Waals surface area contributed by atoms with Crippen molar-refractivity contribution in [2.45, 2.75) is 38.8 Å². The molecule has 1 aliphatic rings. The number of rotatable bonds is 1.